The van der Waals surface area contributed by atoms with Crippen molar-refractivity contribution in [1.82, 2.24) is 10.2 Å². The Morgan fingerprint density at radius 2 is 2.10 bits per heavy atom. The van der Waals surface area contributed by atoms with Gasteiger partial charge in [0.2, 0.25) is 0 Å². The second-order valence-electron chi connectivity index (χ2n) is 7.71. The van der Waals surface area contributed by atoms with Gasteiger partial charge in [-0.25, -0.2) is 4.79 Å². The Labute approximate surface area is 181 Å². The van der Waals surface area contributed by atoms with Crippen LogP contribution in [0.25, 0.3) is 0 Å². The van der Waals surface area contributed by atoms with Crippen LogP contribution in [-0.2, 0) is 22.7 Å². The van der Waals surface area contributed by atoms with Gasteiger partial charge in [-0.1, -0.05) is 12.1 Å². The van der Waals surface area contributed by atoms with Crippen molar-refractivity contribution >= 4 is 23.5 Å². The molecule has 2 N–H and O–H groups in total. The molecular weight excluding hydrogens is 402 g/mol. The van der Waals surface area contributed by atoms with E-state index < -0.39 is 0 Å². The Balaban J connectivity index is 1.27. The zero-order valence-corrected chi connectivity index (χ0v) is 17.9. The molecule has 0 aliphatic carbocycles. The Morgan fingerprint density at radius 1 is 1.20 bits per heavy atom. The first-order chi connectivity index (χ1) is 14.7. The Bertz CT molecular complexity index is 802. The molecule has 162 valence electrons. The number of thioether (sulfide) groups is 1. The number of carbonyl (C=O) groups is 1. The van der Waals surface area contributed by atoms with Crippen LogP contribution in [0.1, 0.15) is 17.7 Å². The van der Waals surface area contributed by atoms with E-state index in [2.05, 4.69) is 15.5 Å². The molecule has 1 atom stereocenters. The average Bonchev–Trinajstić information content (AvgIpc) is 3.46. The SMILES string of the molecule is O=C(NCC1(N2CCOCC2)CCSC1)Nc1cccc(COCc2ccco2)c1. The first kappa shape index (κ1) is 21.2. The predicted molar refractivity (Wildman–Crippen MR) is 118 cm³/mol. The topological polar surface area (TPSA) is 76.0 Å². The summed E-state index contributed by atoms with van der Waals surface area (Å²) in [6.45, 7) is 4.94. The van der Waals surface area contributed by atoms with E-state index in [1.165, 1.54) is 0 Å². The summed E-state index contributed by atoms with van der Waals surface area (Å²) in [5, 5.41) is 6.06. The highest BCUT2D eigenvalue weighted by Crippen LogP contribution is 2.33. The summed E-state index contributed by atoms with van der Waals surface area (Å²) in [4.78, 5) is 15.1. The van der Waals surface area contributed by atoms with Crippen molar-refractivity contribution in [2.24, 2.45) is 0 Å². The van der Waals surface area contributed by atoms with E-state index in [-0.39, 0.29) is 11.6 Å². The summed E-state index contributed by atoms with van der Waals surface area (Å²) in [6.07, 6.45) is 2.73. The molecule has 3 heterocycles. The van der Waals surface area contributed by atoms with Gasteiger partial charge < -0.3 is 24.5 Å². The highest BCUT2D eigenvalue weighted by atomic mass is 32.2. The number of nitrogens with one attached hydrogen (secondary N) is 2. The Kier molecular flexibility index (Phi) is 7.33. The molecule has 2 fully saturated rings. The van der Waals surface area contributed by atoms with E-state index in [0.717, 1.165) is 61.2 Å². The monoisotopic (exact) mass is 431 g/mol. The molecule has 4 rings (SSSR count). The molecule has 1 unspecified atom stereocenters. The van der Waals surface area contributed by atoms with Crippen LogP contribution < -0.4 is 10.6 Å². The van der Waals surface area contributed by atoms with Crippen LogP contribution in [0, 0.1) is 0 Å². The van der Waals surface area contributed by atoms with Gasteiger partial charge in [0.25, 0.3) is 0 Å². The molecule has 0 spiro atoms. The number of rotatable bonds is 8. The lowest BCUT2D eigenvalue weighted by atomic mass is 9.95. The van der Waals surface area contributed by atoms with Crippen LogP contribution in [0.4, 0.5) is 10.5 Å². The molecular formula is C22H29N3O4S. The van der Waals surface area contributed by atoms with Crippen LogP contribution in [0.5, 0.6) is 0 Å². The lowest BCUT2D eigenvalue weighted by Crippen LogP contribution is -2.59. The number of amides is 2. The van der Waals surface area contributed by atoms with Crippen molar-refractivity contribution in [3.8, 4) is 0 Å². The molecule has 2 amide bonds. The van der Waals surface area contributed by atoms with E-state index in [9.17, 15) is 4.79 Å². The standard InChI is InChI=1S/C22H29N3O4S/c26-21(23-16-22(6-12-30-17-22)25-7-10-27-11-8-25)24-19-4-1-3-18(13-19)14-28-15-20-5-2-9-29-20/h1-5,9,13H,6-8,10-12,14-17H2,(H2,23,24,26). The lowest BCUT2D eigenvalue weighted by molar-refractivity contribution is -0.0123. The number of furan rings is 1. The van der Waals surface area contributed by atoms with E-state index in [1.54, 1.807) is 6.26 Å². The Hall–Kier alpha value is -2.00. The summed E-state index contributed by atoms with van der Waals surface area (Å²) in [5.74, 6) is 2.99. The van der Waals surface area contributed by atoms with Gasteiger partial charge in [0, 0.05) is 36.6 Å². The maximum absolute atomic E-state index is 12.6. The molecule has 30 heavy (non-hydrogen) atoms. The molecule has 1 aromatic carbocycles. The van der Waals surface area contributed by atoms with Gasteiger partial charge in [0.15, 0.2) is 0 Å². The van der Waals surface area contributed by atoms with Gasteiger partial charge in [0.05, 0.1) is 26.1 Å². The number of carbonyl (C=O) groups excluding carboxylic acids is 1. The van der Waals surface area contributed by atoms with Gasteiger partial charge >= 0.3 is 6.03 Å². The van der Waals surface area contributed by atoms with E-state index >= 15 is 0 Å². The number of nitrogens with zero attached hydrogens (tertiary/aromatic N) is 1. The van der Waals surface area contributed by atoms with Gasteiger partial charge in [-0.2, -0.15) is 11.8 Å². The number of urea groups is 1. The van der Waals surface area contributed by atoms with Gasteiger partial charge in [0.1, 0.15) is 12.4 Å². The zero-order chi connectivity index (χ0) is 20.7. The summed E-state index contributed by atoms with van der Waals surface area (Å²) in [6, 6.07) is 11.3. The number of anilines is 1. The van der Waals surface area contributed by atoms with E-state index in [0.29, 0.717) is 19.8 Å². The number of morpholine rings is 1. The highest BCUT2D eigenvalue weighted by molar-refractivity contribution is 7.99. The lowest BCUT2D eigenvalue weighted by Gasteiger charge is -2.43. The Morgan fingerprint density at radius 3 is 2.87 bits per heavy atom. The minimum absolute atomic E-state index is 0.0350. The summed E-state index contributed by atoms with van der Waals surface area (Å²) in [7, 11) is 0. The van der Waals surface area contributed by atoms with Crippen molar-refractivity contribution in [3.63, 3.8) is 0 Å². The maximum Gasteiger partial charge on any atom is 0.319 e. The minimum Gasteiger partial charge on any atom is -0.467 e. The third-order valence-electron chi connectivity index (χ3n) is 5.62. The van der Waals surface area contributed by atoms with Crippen LogP contribution in [0.15, 0.2) is 47.1 Å². The number of hydrogen-bond donors (Lipinski definition) is 2. The molecule has 0 radical (unpaired) electrons. The molecule has 2 saturated heterocycles. The molecule has 2 aromatic rings. The largest absolute Gasteiger partial charge is 0.467 e. The zero-order valence-electron chi connectivity index (χ0n) is 17.1. The molecule has 2 aliphatic rings. The summed E-state index contributed by atoms with van der Waals surface area (Å²) < 4.78 is 16.5. The fourth-order valence-electron chi connectivity index (χ4n) is 3.96. The third kappa shape index (κ3) is 5.57. The number of hydrogen-bond acceptors (Lipinski definition) is 6. The molecule has 1 aromatic heterocycles. The van der Waals surface area contributed by atoms with Gasteiger partial charge in [-0.3, -0.25) is 4.90 Å². The smallest absolute Gasteiger partial charge is 0.319 e. The first-order valence-electron chi connectivity index (χ1n) is 10.4. The second kappa shape index (κ2) is 10.3. The molecule has 7 nitrogen and oxygen atoms in total. The molecule has 0 saturated carbocycles. The summed E-state index contributed by atoms with van der Waals surface area (Å²) >= 11 is 1.96. The fourth-order valence-corrected chi connectivity index (χ4v) is 5.44. The molecule has 0 bridgehead atoms. The molecule has 2 aliphatic heterocycles. The van der Waals surface area contributed by atoms with Crippen LogP contribution >= 0.6 is 11.8 Å². The highest BCUT2D eigenvalue weighted by Gasteiger charge is 2.40. The quantitative estimate of drug-likeness (QED) is 0.668. The van der Waals surface area contributed by atoms with E-state index in [1.807, 2.05) is 48.2 Å². The van der Waals surface area contributed by atoms with Crippen LogP contribution in [0.3, 0.4) is 0 Å². The minimum atomic E-state index is -0.173. The van der Waals surface area contributed by atoms with Gasteiger partial charge in [-0.15, -0.1) is 0 Å². The van der Waals surface area contributed by atoms with Gasteiger partial charge in [-0.05, 0) is 42.0 Å². The summed E-state index contributed by atoms with van der Waals surface area (Å²) in [5.41, 5.74) is 1.79. The van der Waals surface area contributed by atoms with E-state index in [4.69, 9.17) is 13.9 Å². The normalized spacial score (nSPS) is 22.1. The predicted octanol–water partition coefficient (Wildman–Crippen LogP) is 3.33. The van der Waals surface area contributed by atoms with Crippen LogP contribution in [-0.4, -0.2) is 60.8 Å². The van der Waals surface area contributed by atoms with Crippen molar-refractivity contribution < 1.29 is 18.7 Å². The fraction of sp³-hybridized carbons (Fsp3) is 0.500. The average molecular weight is 432 g/mol. The first-order valence-corrected chi connectivity index (χ1v) is 11.5. The third-order valence-corrected chi connectivity index (χ3v) is 6.85. The van der Waals surface area contributed by atoms with Crippen molar-refractivity contribution in [2.45, 2.75) is 25.2 Å². The van der Waals surface area contributed by atoms with Crippen LogP contribution in [0.2, 0.25) is 0 Å². The van der Waals surface area contributed by atoms with Crippen molar-refractivity contribution in [2.75, 3.05) is 49.7 Å². The van der Waals surface area contributed by atoms with Crippen molar-refractivity contribution in [3.05, 3.63) is 54.0 Å². The molecule has 8 heteroatoms. The van der Waals surface area contributed by atoms with Crippen molar-refractivity contribution in [1.29, 1.82) is 0 Å². The number of benzene rings is 1. The number of ether oxygens (including phenoxy) is 2. The maximum atomic E-state index is 12.6. The second-order valence-corrected chi connectivity index (χ2v) is 8.81.